The number of carboxylic acids is 4. The fourth-order valence-corrected chi connectivity index (χ4v) is 6.62. The summed E-state index contributed by atoms with van der Waals surface area (Å²) in [5.74, 6) is -15.3. The van der Waals surface area contributed by atoms with E-state index in [1.807, 2.05) is 13.8 Å². The monoisotopic (exact) mass is 1020 g/mol. The normalized spacial score (nSPS) is 15.6. The Kier molecular flexibility index (Phi) is 26.4. The maximum atomic E-state index is 13.8. The van der Waals surface area contributed by atoms with Crippen molar-refractivity contribution in [3.8, 4) is 5.75 Å². The molecular weight excluding hydrogens is 955 g/mol. The Morgan fingerprint density at radius 1 is 0.514 bits per heavy atom. The lowest BCUT2D eigenvalue weighted by Gasteiger charge is -2.28. The third kappa shape index (κ3) is 22.6. The van der Waals surface area contributed by atoms with E-state index >= 15 is 0 Å². The van der Waals surface area contributed by atoms with Crippen LogP contribution in [0.25, 0.3) is 0 Å². The molecule has 0 fully saturated rings. The molecule has 16 N–H and O–H groups in total. The Hall–Kier alpha value is -7.42. The molecule has 72 heavy (non-hydrogen) atoms. The number of aliphatic hydroxyl groups is 1. The van der Waals surface area contributed by atoms with Gasteiger partial charge in [-0.2, -0.15) is 0 Å². The molecule has 1 aromatic rings. The molecule has 0 radical (unpaired) electrons. The number of carbonyl (C=O) groups is 12. The van der Waals surface area contributed by atoms with E-state index in [2.05, 4.69) is 42.5 Å². The van der Waals surface area contributed by atoms with Crippen LogP contribution in [0.1, 0.15) is 99.0 Å². The molecule has 0 saturated carbocycles. The van der Waals surface area contributed by atoms with Crippen molar-refractivity contribution in [2.45, 2.75) is 160 Å². The van der Waals surface area contributed by atoms with Gasteiger partial charge in [0.2, 0.25) is 47.3 Å². The first-order valence-corrected chi connectivity index (χ1v) is 23.0. The van der Waals surface area contributed by atoms with Crippen molar-refractivity contribution < 1.29 is 88.2 Å². The maximum Gasteiger partial charge on any atom is 0.325 e. The number of nitrogens with two attached hydrogens (primary N) is 1. The number of aromatic hydroxyl groups is 1. The molecule has 27 nitrogen and oxygen atoms in total. The number of aliphatic hydroxyl groups excluding tert-OH is 1. The van der Waals surface area contributed by atoms with Crippen LogP contribution in [0.4, 0.5) is 0 Å². The Bertz CT molecular complexity index is 2100. The summed E-state index contributed by atoms with van der Waals surface area (Å²) in [5.41, 5.74) is 6.32. The molecule has 1 aromatic carbocycles. The summed E-state index contributed by atoms with van der Waals surface area (Å²) in [6, 6.07) is -9.06. The van der Waals surface area contributed by atoms with Gasteiger partial charge in [0.1, 0.15) is 54.1 Å². The maximum absolute atomic E-state index is 13.8. The number of carboxylic acid groups (broad SMARTS) is 4. The highest BCUT2D eigenvalue weighted by Crippen LogP contribution is 2.14. The first kappa shape index (κ1) is 62.6. The van der Waals surface area contributed by atoms with E-state index in [0.717, 1.165) is 20.8 Å². The van der Waals surface area contributed by atoms with E-state index in [0.29, 0.717) is 12.0 Å². The van der Waals surface area contributed by atoms with Crippen LogP contribution in [0.3, 0.4) is 0 Å². The highest BCUT2D eigenvalue weighted by atomic mass is 16.4. The number of benzene rings is 1. The zero-order chi connectivity index (χ0) is 55.2. The van der Waals surface area contributed by atoms with E-state index in [4.69, 9.17) is 5.73 Å². The number of rotatable bonds is 32. The van der Waals surface area contributed by atoms with Crippen molar-refractivity contribution in [3.63, 3.8) is 0 Å². The molecule has 0 aromatic heterocycles. The predicted molar refractivity (Wildman–Crippen MR) is 251 cm³/mol. The molecule has 0 unspecified atom stereocenters. The smallest absolute Gasteiger partial charge is 0.325 e. The largest absolute Gasteiger partial charge is 0.508 e. The van der Waals surface area contributed by atoms with Gasteiger partial charge in [0.05, 0.1) is 18.6 Å². The highest BCUT2D eigenvalue weighted by Gasteiger charge is 2.36. The molecule has 1 rings (SSSR count). The van der Waals surface area contributed by atoms with Crippen LogP contribution in [0.15, 0.2) is 24.3 Å². The third-order valence-electron chi connectivity index (χ3n) is 11.0. The molecule has 0 aliphatic heterocycles. The Morgan fingerprint density at radius 3 is 1.40 bits per heavy atom. The summed E-state index contributed by atoms with van der Waals surface area (Å²) >= 11 is 0. The molecule has 8 amide bonds. The number of aliphatic carboxylic acids is 4. The predicted octanol–water partition coefficient (Wildman–Crippen LogP) is -3.06. The average Bonchev–Trinajstić information content (AvgIpc) is 3.28. The molecule has 0 aliphatic rings. The Labute approximate surface area is 414 Å². The Morgan fingerprint density at radius 2 is 0.944 bits per heavy atom. The van der Waals surface area contributed by atoms with Crippen molar-refractivity contribution in [1.82, 2.24) is 42.5 Å². The van der Waals surface area contributed by atoms with Crippen LogP contribution >= 0.6 is 0 Å². The van der Waals surface area contributed by atoms with Crippen LogP contribution in [0.2, 0.25) is 0 Å². The lowest BCUT2D eigenvalue weighted by molar-refractivity contribution is -0.142. The molecule has 402 valence electrons. The first-order valence-electron chi connectivity index (χ1n) is 23.0. The number of amides is 8. The number of nitrogens with one attached hydrogen (secondary N) is 8. The topological polar surface area (TPSA) is 448 Å². The summed E-state index contributed by atoms with van der Waals surface area (Å²) in [7, 11) is 0. The molecule has 0 saturated heterocycles. The van der Waals surface area contributed by atoms with Gasteiger partial charge < -0.3 is 78.9 Å². The fourth-order valence-electron chi connectivity index (χ4n) is 6.62. The number of phenolic OH excluding ortho intramolecular Hbond substituents is 1. The van der Waals surface area contributed by atoms with E-state index in [9.17, 15) is 88.2 Å². The van der Waals surface area contributed by atoms with E-state index < -0.39 is 170 Å². The number of carbonyl (C=O) groups excluding carboxylic acids is 8. The van der Waals surface area contributed by atoms with E-state index in [1.54, 1.807) is 13.8 Å². The van der Waals surface area contributed by atoms with Crippen LogP contribution in [-0.4, -0.2) is 162 Å². The van der Waals surface area contributed by atoms with Crippen molar-refractivity contribution in [2.75, 3.05) is 0 Å². The summed E-state index contributed by atoms with van der Waals surface area (Å²) in [6.45, 7) is 10.3. The Balaban J connectivity index is 3.44. The second-order valence-corrected chi connectivity index (χ2v) is 17.7. The first-order chi connectivity index (χ1) is 33.5. The lowest BCUT2D eigenvalue weighted by atomic mass is 9.96. The molecule has 27 heteroatoms. The van der Waals surface area contributed by atoms with Gasteiger partial charge >= 0.3 is 23.9 Å². The average molecular weight is 1020 g/mol. The SMILES string of the molecule is CC[C@H](C)[C@H](NC(=O)[C@@H](N)CC(C)C)C(=O)N[C@@H](CCC(=O)O)C(=O)N[C@@H](CC(=O)O)C(=O)N[C@@H](C)C(=O)N[C@@H](CCC(=O)O)C(=O)N[C@@H](Cc1ccc(O)cc1)C(=O)N[C@H](C(=O)N[C@@H](C)C(=O)O)[C@@H](C)O. The molecule has 0 bridgehead atoms. The number of hydrogen-bond donors (Lipinski definition) is 15. The second-order valence-electron chi connectivity index (χ2n) is 17.7. The van der Waals surface area contributed by atoms with Gasteiger partial charge in [0, 0.05) is 19.3 Å². The molecular formula is C45H69N9O18. The minimum Gasteiger partial charge on any atom is -0.508 e. The molecule has 0 aliphatic carbocycles. The summed E-state index contributed by atoms with van der Waals surface area (Å²) in [5, 5.41) is 76.0. The summed E-state index contributed by atoms with van der Waals surface area (Å²) < 4.78 is 0. The standard InChI is InChI=1S/C45H69N9O18/c1-8-21(4)35(53-38(64)27(46)17-20(2)3)43(69)50-29(14-16-33(59)60)40(66)52-31(19-34(61)62)41(67)47-22(5)37(63)49-28(13-15-32(57)58)39(65)51-30(18-25-9-11-26(56)12-10-25)42(68)54-36(24(7)55)44(70)48-23(6)45(71)72/h9-12,20-24,27-31,35-36,55-56H,8,13-19,46H2,1-7H3,(H,47,67)(H,48,70)(H,49,63)(H,50,69)(H,51,65)(H,52,66)(H,53,64)(H,54,68)(H,57,58)(H,59,60)(H,61,62)(H,71,72)/t21-,22-,23-,24+,27-,28-,29-,30-,31-,35-,36-/m0/s1. The van der Waals surface area contributed by atoms with Gasteiger partial charge in [-0.05, 0) is 69.6 Å². The fraction of sp³-hybridized carbons (Fsp3) is 0.600. The highest BCUT2D eigenvalue weighted by molar-refractivity contribution is 5.99. The van der Waals surface area contributed by atoms with Crippen molar-refractivity contribution >= 4 is 71.1 Å². The van der Waals surface area contributed by atoms with Crippen LogP contribution in [0, 0.1) is 11.8 Å². The molecule has 0 heterocycles. The van der Waals surface area contributed by atoms with Crippen LogP contribution in [0.5, 0.6) is 5.75 Å². The van der Waals surface area contributed by atoms with E-state index in [1.165, 1.54) is 24.3 Å². The molecule has 0 spiro atoms. The quantitative estimate of drug-likeness (QED) is 0.0341. The second kappa shape index (κ2) is 30.3. The summed E-state index contributed by atoms with van der Waals surface area (Å²) in [6.07, 6.45) is -5.11. The minimum absolute atomic E-state index is 0.0244. The lowest BCUT2D eigenvalue weighted by Crippen LogP contribution is -2.61. The zero-order valence-electron chi connectivity index (χ0n) is 41.1. The van der Waals surface area contributed by atoms with Crippen molar-refractivity contribution in [2.24, 2.45) is 17.6 Å². The van der Waals surface area contributed by atoms with Gasteiger partial charge in [0.15, 0.2) is 0 Å². The number of phenols is 1. The van der Waals surface area contributed by atoms with Gasteiger partial charge in [0.25, 0.3) is 0 Å². The van der Waals surface area contributed by atoms with Crippen LogP contribution < -0.4 is 48.3 Å². The van der Waals surface area contributed by atoms with Gasteiger partial charge in [-0.15, -0.1) is 0 Å². The number of hydrogen-bond acceptors (Lipinski definition) is 15. The van der Waals surface area contributed by atoms with Gasteiger partial charge in [-0.25, -0.2) is 0 Å². The van der Waals surface area contributed by atoms with Crippen molar-refractivity contribution in [3.05, 3.63) is 29.8 Å². The van der Waals surface area contributed by atoms with E-state index in [-0.39, 0.29) is 24.5 Å². The molecule has 11 atom stereocenters. The van der Waals surface area contributed by atoms with Gasteiger partial charge in [-0.3, -0.25) is 57.5 Å². The minimum atomic E-state index is -1.99. The zero-order valence-corrected chi connectivity index (χ0v) is 41.1. The third-order valence-corrected chi connectivity index (χ3v) is 11.0. The van der Waals surface area contributed by atoms with Gasteiger partial charge in [-0.1, -0.05) is 46.2 Å². The van der Waals surface area contributed by atoms with Crippen molar-refractivity contribution in [1.29, 1.82) is 0 Å². The summed E-state index contributed by atoms with van der Waals surface area (Å²) in [4.78, 5) is 154. The van der Waals surface area contributed by atoms with Crippen LogP contribution in [-0.2, 0) is 64.0 Å².